The third kappa shape index (κ3) is 7.25. The van der Waals surface area contributed by atoms with Crippen molar-refractivity contribution in [3.05, 3.63) is 30.1 Å². The van der Waals surface area contributed by atoms with Gasteiger partial charge in [0.15, 0.2) is 0 Å². The van der Waals surface area contributed by atoms with Crippen LogP contribution in [0, 0.1) is 5.82 Å². The maximum absolute atomic E-state index is 13.5. The van der Waals surface area contributed by atoms with E-state index < -0.39 is 20.7 Å². The lowest BCUT2D eigenvalue weighted by molar-refractivity contribution is -0.120. The van der Waals surface area contributed by atoms with Crippen molar-refractivity contribution < 1.29 is 17.6 Å². The van der Waals surface area contributed by atoms with E-state index in [2.05, 4.69) is 20.3 Å². The van der Waals surface area contributed by atoms with Crippen molar-refractivity contribution in [2.75, 3.05) is 45.8 Å². The normalized spacial score (nSPS) is 15.4. The molecular formula is C15H24ClFN4O3S. The Morgan fingerprint density at radius 3 is 2.56 bits per heavy atom. The molecule has 1 amide bonds. The first-order valence-electron chi connectivity index (χ1n) is 7.93. The van der Waals surface area contributed by atoms with Gasteiger partial charge in [-0.1, -0.05) is 12.1 Å². The number of halogens is 2. The summed E-state index contributed by atoms with van der Waals surface area (Å²) in [6, 6.07) is 5.13. The molecule has 0 unspecified atom stereocenters. The zero-order valence-electron chi connectivity index (χ0n) is 13.8. The number of nitrogens with zero attached hydrogens (tertiary/aromatic N) is 1. The fraction of sp³-hybridized carbons (Fsp3) is 0.533. The van der Waals surface area contributed by atoms with E-state index in [0.29, 0.717) is 6.54 Å². The van der Waals surface area contributed by atoms with Crippen LogP contribution in [0.5, 0.6) is 0 Å². The highest BCUT2D eigenvalue weighted by Crippen LogP contribution is 2.12. The highest BCUT2D eigenvalue weighted by Gasteiger charge is 2.18. The van der Waals surface area contributed by atoms with Crippen LogP contribution in [0.25, 0.3) is 0 Å². The van der Waals surface area contributed by atoms with Gasteiger partial charge in [-0.25, -0.2) is 17.5 Å². The van der Waals surface area contributed by atoms with Gasteiger partial charge in [0.25, 0.3) is 0 Å². The lowest BCUT2D eigenvalue weighted by Gasteiger charge is -2.27. The third-order valence-corrected chi connectivity index (χ3v) is 5.22. The summed E-state index contributed by atoms with van der Waals surface area (Å²) < 4.78 is 39.7. The first kappa shape index (κ1) is 21.8. The Kier molecular flexibility index (Phi) is 9.30. The van der Waals surface area contributed by atoms with E-state index in [4.69, 9.17) is 0 Å². The standard InChI is InChI=1S/C15H23FN4O3S.ClH/c16-13-3-1-2-4-14(13)24(22,23)19-6-5-15(21)18-9-12-20-10-7-17-8-11-20;/h1-4,17,19H,5-12H2,(H,18,21);1H. The first-order valence-corrected chi connectivity index (χ1v) is 9.41. The summed E-state index contributed by atoms with van der Waals surface area (Å²) in [5.74, 6) is -1.05. The van der Waals surface area contributed by atoms with Gasteiger partial charge in [-0.15, -0.1) is 12.4 Å². The second-order valence-electron chi connectivity index (χ2n) is 5.52. The van der Waals surface area contributed by atoms with Gasteiger partial charge in [0, 0.05) is 52.2 Å². The Balaban J connectivity index is 0.00000312. The van der Waals surface area contributed by atoms with Crippen molar-refractivity contribution in [2.24, 2.45) is 0 Å². The van der Waals surface area contributed by atoms with E-state index in [-0.39, 0.29) is 31.3 Å². The maximum atomic E-state index is 13.5. The molecule has 3 N–H and O–H groups in total. The SMILES string of the molecule is Cl.O=C(CCNS(=O)(=O)c1ccccc1F)NCCN1CCNCC1. The number of hydrogen-bond donors (Lipinski definition) is 3. The maximum Gasteiger partial charge on any atom is 0.243 e. The van der Waals surface area contributed by atoms with E-state index in [1.165, 1.54) is 18.2 Å². The first-order chi connectivity index (χ1) is 11.5. The quantitative estimate of drug-likeness (QED) is 0.574. The highest BCUT2D eigenvalue weighted by molar-refractivity contribution is 7.89. The van der Waals surface area contributed by atoms with Crippen LogP contribution in [0.1, 0.15) is 6.42 Å². The molecule has 1 fully saturated rings. The van der Waals surface area contributed by atoms with Gasteiger partial charge in [-0.3, -0.25) is 9.69 Å². The number of nitrogens with one attached hydrogen (secondary N) is 3. The van der Waals surface area contributed by atoms with Crippen LogP contribution in [0.3, 0.4) is 0 Å². The minimum absolute atomic E-state index is 0. The smallest absolute Gasteiger partial charge is 0.243 e. The molecule has 0 radical (unpaired) electrons. The van der Waals surface area contributed by atoms with Crippen LogP contribution in [0.15, 0.2) is 29.2 Å². The molecular weight excluding hydrogens is 371 g/mol. The third-order valence-electron chi connectivity index (χ3n) is 3.73. The molecule has 142 valence electrons. The van der Waals surface area contributed by atoms with Crippen molar-refractivity contribution in [2.45, 2.75) is 11.3 Å². The van der Waals surface area contributed by atoms with Crippen molar-refractivity contribution >= 4 is 28.3 Å². The summed E-state index contributed by atoms with van der Waals surface area (Å²) in [6.45, 7) is 5.04. The number of carbonyl (C=O) groups is 1. The molecule has 1 aliphatic rings. The summed E-state index contributed by atoms with van der Waals surface area (Å²) in [6.07, 6.45) is 0.00916. The Bertz CT molecular complexity index is 654. The Morgan fingerprint density at radius 2 is 1.88 bits per heavy atom. The molecule has 1 aliphatic heterocycles. The average molecular weight is 395 g/mol. The van der Waals surface area contributed by atoms with Gasteiger partial charge in [0.2, 0.25) is 15.9 Å². The Labute approximate surface area is 153 Å². The monoisotopic (exact) mass is 394 g/mol. The van der Waals surface area contributed by atoms with Gasteiger partial charge >= 0.3 is 0 Å². The lowest BCUT2D eigenvalue weighted by atomic mass is 10.3. The van der Waals surface area contributed by atoms with Crippen LogP contribution < -0.4 is 15.4 Å². The van der Waals surface area contributed by atoms with Crippen molar-refractivity contribution in [1.82, 2.24) is 20.3 Å². The molecule has 0 saturated carbocycles. The van der Waals surface area contributed by atoms with E-state index in [1.807, 2.05) is 0 Å². The van der Waals surface area contributed by atoms with Crippen LogP contribution in [-0.4, -0.2) is 65.0 Å². The van der Waals surface area contributed by atoms with Gasteiger partial charge in [0.1, 0.15) is 10.7 Å². The van der Waals surface area contributed by atoms with Crippen LogP contribution >= 0.6 is 12.4 Å². The number of sulfonamides is 1. The van der Waals surface area contributed by atoms with Gasteiger partial charge in [0.05, 0.1) is 0 Å². The van der Waals surface area contributed by atoms with E-state index in [0.717, 1.165) is 38.8 Å². The molecule has 7 nitrogen and oxygen atoms in total. The van der Waals surface area contributed by atoms with E-state index >= 15 is 0 Å². The molecule has 25 heavy (non-hydrogen) atoms. The highest BCUT2D eigenvalue weighted by atomic mass is 35.5. The minimum atomic E-state index is -3.94. The van der Waals surface area contributed by atoms with Crippen LogP contribution in [-0.2, 0) is 14.8 Å². The number of amides is 1. The number of carbonyl (C=O) groups excluding carboxylic acids is 1. The van der Waals surface area contributed by atoms with Crippen molar-refractivity contribution in [1.29, 1.82) is 0 Å². The molecule has 0 bridgehead atoms. The van der Waals surface area contributed by atoms with Crippen molar-refractivity contribution in [3.8, 4) is 0 Å². The molecule has 1 saturated heterocycles. The number of hydrogen-bond acceptors (Lipinski definition) is 5. The summed E-state index contributed by atoms with van der Waals surface area (Å²) in [4.78, 5) is 13.6. The second-order valence-corrected chi connectivity index (χ2v) is 7.26. The predicted octanol–water partition coefficient (Wildman–Crippen LogP) is -0.0627. The predicted molar refractivity (Wildman–Crippen MR) is 95.8 cm³/mol. The molecule has 1 heterocycles. The van der Waals surface area contributed by atoms with Crippen molar-refractivity contribution in [3.63, 3.8) is 0 Å². The number of rotatable bonds is 8. The van der Waals surface area contributed by atoms with Crippen LogP contribution in [0.4, 0.5) is 4.39 Å². The zero-order valence-corrected chi connectivity index (χ0v) is 15.5. The molecule has 1 aromatic carbocycles. The van der Waals surface area contributed by atoms with Crippen LogP contribution in [0.2, 0.25) is 0 Å². The van der Waals surface area contributed by atoms with E-state index in [1.54, 1.807) is 0 Å². The Morgan fingerprint density at radius 1 is 1.20 bits per heavy atom. The molecule has 2 rings (SSSR count). The summed E-state index contributed by atoms with van der Waals surface area (Å²) in [5, 5.41) is 6.01. The fourth-order valence-electron chi connectivity index (χ4n) is 2.42. The molecule has 0 aliphatic carbocycles. The lowest BCUT2D eigenvalue weighted by Crippen LogP contribution is -2.46. The number of piperazine rings is 1. The topological polar surface area (TPSA) is 90.5 Å². The summed E-state index contributed by atoms with van der Waals surface area (Å²) in [7, 11) is -3.94. The van der Waals surface area contributed by atoms with Gasteiger partial charge in [-0.2, -0.15) is 0 Å². The molecule has 10 heteroatoms. The average Bonchev–Trinajstić information content (AvgIpc) is 2.56. The molecule has 0 atom stereocenters. The number of benzene rings is 1. The van der Waals surface area contributed by atoms with Gasteiger partial charge in [-0.05, 0) is 12.1 Å². The minimum Gasteiger partial charge on any atom is -0.355 e. The summed E-state index contributed by atoms with van der Waals surface area (Å²) in [5.41, 5.74) is 0. The Hall–Kier alpha value is -1.26. The van der Waals surface area contributed by atoms with Gasteiger partial charge < -0.3 is 10.6 Å². The summed E-state index contributed by atoms with van der Waals surface area (Å²) >= 11 is 0. The second kappa shape index (κ2) is 10.7. The molecule has 0 aromatic heterocycles. The molecule has 1 aromatic rings. The zero-order chi connectivity index (χ0) is 17.4. The fourth-order valence-corrected chi connectivity index (χ4v) is 3.52. The largest absolute Gasteiger partial charge is 0.355 e. The van der Waals surface area contributed by atoms with E-state index in [9.17, 15) is 17.6 Å². The molecule has 0 spiro atoms.